The van der Waals surface area contributed by atoms with E-state index in [2.05, 4.69) is 5.32 Å². The van der Waals surface area contributed by atoms with Gasteiger partial charge in [-0.3, -0.25) is 4.79 Å². The maximum absolute atomic E-state index is 10.2. The van der Waals surface area contributed by atoms with E-state index in [1.165, 1.54) is 0 Å². The minimum Gasteiger partial charge on any atom is -0.481 e. The first-order chi connectivity index (χ1) is 7.27. The fourth-order valence-electron chi connectivity index (χ4n) is 1.37. The van der Waals surface area contributed by atoms with Crippen LogP contribution in [0.25, 0.3) is 0 Å². The van der Waals surface area contributed by atoms with Crippen molar-refractivity contribution in [1.29, 1.82) is 0 Å². The molecular formula is C11H23NO3. The van der Waals surface area contributed by atoms with E-state index in [1.54, 1.807) is 0 Å². The van der Waals surface area contributed by atoms with E-state index < -0.39 is 5.97 Å². The Kier molecular flexibility index (Phi) is 11.0. The first kappa shape index (κ1) is 14.4. The molecule has 0 aromatic carbocycles. The molecule has 0 aliphatic carbocycles. The molecule has 3 N–H and O–H groups in total. The van der Waals surface area contributed by atoms with Crippen LogP contribution in [-0.2, 0) is 4.79 Å². The monoisotopic (exact) mass is 217 g/mol. The minimum absolute atomic E-state index is 0.276. The molecule has 15 heavy (non-hydrogen) atoms. The lowest BCUT2D eigenvalue weighted by atomic mass is 10.2. The van der Waals surface area contributed by atoms with Crippen LogP contribution in [0.3, 0.4) is 0 Å². The Labute approximate surface area is 91.7 Å². The van der Waals surface area contributed by atoms with Crippen LogP contribution in [0.1, 0.15) is 44.9 Å². The van der Waals surface area contributed by atoms with Crippen molar-refractivity contribution in [3.8, 4) is 0 Å². The second-order valence-electron chi connectivity index (χ2n) is 3.74. The van der Waals surface area contributed by atoms with Gasteiger partial charge in [0.1, 0.15) is 0 Å². The van der Waals surface area contributed by atoms with Crippen molar-refractivity contribution in [3.63, 3.8) is 0 Å². The van der Waals surface area contributed by atoms with E-state index in [9.17, 15) is 4.79 Å². The Hall–Kier alpha value is -0.610. The number of aliphatic hydroxyl groups is 1. The van der Waals surface area contributed by atoms with Gasteiger partial charge in [0.05, 0.1) is 0 Å². The predicted octanol–water partition coefficient (Wildman–Crippen LogP) is 1.38. The second-order valence-corrected chi connectivity index (χ2v) is 3.74. The average Bonchev–Trinajstić information content (AvgIpc) is 2.20. The third-order valence-electron chi connectivity index (χ3n) is 2.26. The molecule has 0 atom stereocenters. The topological polar surface area (TPSA) is 69.6 Å². The van der Waals surface area contributed by atoms with Crippen LogP contribution in [-0.4, -0.2) is 35.9 Å². The summed E-state index contributed by atoms with van der Waals surface area (Å²) in [5.74, 6) is -0.709. The fourth-order valence-corrected chi connectivity index (χ4v) is 1.37. The highest BCUT2D eigenvalue weighted by Gasteiger charge is 1.95. The third-order valence-corrected chi connectivity index (χ3v) is 2.26. The molecule has 0 saturated carbocycles. The van der Waals surface area contributed by atoms with Crippen molar-refractivity contribution in [2.75, 3.05) is 19.7 Å². The summed E-state index contributed by atoms with van der Waals surface area (Å²) < 4.78 is 0. The van der Waals surface area contributed by atoms with Crippen LogP contribution >= 0.6 is 0 Å². The molecule has 0 heterocycles. The summed E-state index contributed by atoms with van der Waals surface area (Å²) in [4.78, 5) is 10.2. The Morgan fingerprint density at radius 1 is 0.933 bits per heavy atom. The van der Waals surface area contributed by atoms with E-state index in [4.69, 9.17) is 10.2 Å². The molecule has 0 aliphatic rings. The summed E-state index contributed by atoms with van der Waals surface area (Å²) in [5.41, 5.74) is 0. The highest BCUT2D eigenvalue weighted by molar-refractivity contribution is 5.66. The molecule has 0 bridgehead atoms. The molecule has 0 radical (unpaired) electrons. The molecule has 0 saturated heterocycles. The smallest absolute Gasteiger partial charge is 0.303 e. The molecular weight excluding hydrogens is 194 g/mol. The SMILES string of the molecule is O=C(O)CCCCNCCCCCCO. The highest BCUT2D eigenvalue weighted by atomic mass is 16.4. The van der Waals surface area contributed by atoms with Gasteiger partial charge in [-0.2, -0.15) is 0 Å². The molecule has 0 unspecified atom stereocenters. The van der Waals surface area contributed by atoms with Gasteiger partial charge >= 0.3 is 5.97 Å². The minimum atomic E-state index is -0.709. The molecule has 90 valence electrons. The summed E-state index contributed by atoms with van der Waals surface area (Å²) in [6.07, 6.45) is 6.26. The van der Waals surface area contributed by atoms with Gasteiger partial charge in [-0.25, -0.2) is 0 Å². The second kappa shape index (κ2) is 11.5. The highest BCUT2D eigenvalue weighted by Crippen LogP contribution is 1.98. The number of unbranched alkanes of at least 4 members (excludes halogenated alkanes) is 4. The largest absolute Gasteiger partial charge is 0.481 e. The molecule has 4 heteroatoms. The van der Waals surface area contributed by atoms with Crippen molar-refractivity contribution in [1.82, 2.24) is 5.32 Å². The van der Waals surface area contributed by atoms with Gasteiger partial charge < -0.3 is 15.5 Å². The van der Waals surface area contributed by atoms with E-state index >= 15 is 0 Å². The molecule has 0 fully saturated rings. The predicted molar refractivity (Wildman–Crippen MR) is 59.9 cm³/mol. The number of carboxylic acids is 1. The number of carbonyl (C=O) groups is 1. The first-order valence-corrected chi connectivity index (χ1v) is 5.80. The molecule has 0 aromatic heterocycles. The molecule has 0 aromatic rings. The van der Waals surface area contributed by atoms with Crippen molar-refractivity contribution in [2.24, 2.45) is 0 Å². The van der Waals surface area contributed by atoms with E-state index in [-0.39, 0.29) is 6.42 Å². The van der Waals surface area contributed by atoms with Gasteiger partial charge in [0.15, 0.2) is 0 Å². The van der Waals surface area contributed by atoms with E-state index in [0.29, 0.717) is 6.61 Å². The van der Waals surface area contributed by atoms with E-state index in [1.807, 2.05) is 0 Å². The maximum Gasteiger partial charge on any atom is 0.303 e. The van der Waals surface area contributed by atoms with Gasteiger partial charge in [0.25, 0.3) is 0 Å². The van der Waals surface area contributed by atoms with Crippen LogP contribution in [0.2, 0.25) is 0 Å². The number of hydrogen-bond donors (Lipinski definition) is 3. The molecule has 4 nitrogen and oxygen atoms in total. The van der Waals surface area contributed by atoms with Crippen LogP contribution in [0.4, 0.5) is 0 Å². The van der Waals surface area contributed by atoms with Crippen molar-refractivity contribution in [3.05, 3.63) is 0 Å². The zero-order valence-corrected chi connectivity index (χ0v) is 9.37. The summed E-state index contributed by atoms with van der Waals surface area (Å²) in [5, 5.41) is 20.2. The normalized spacial score (nSPS) is 10.5. The Balaban J connectivity index is 2.89. The number of rotatable bonds is 11. The lowest BCUT2D eigenvalue weighted by molar-refractivity contribution is -0.137. The summed E-state index contributed by atoms with van der Waals surface area (Å²) in [6, 6.07) is 0. The van der Waals surface area contributed by atoms with Crippen molar-refractivity contribution in [2.45, 2.75) is 44.9 Å². The standard InChI is InChI=1S/C11H23NO3/c13-10-6-2-1-4-8-12-9-5-3-7-11(14)15/h12-13H,1-10H2,(H,14,15). The molecule has 0 rings (SSSR count). The summed E-state index contributed by atoms with van der Waals surface area (Å²) in [7, 11) is 0. The van der Waals surface area contributed by atoms with Crippen LogP contribution < -0.4 is 5.32 Å². The van der Waals surface area contributed by atoms with Gasteiger partial charge in [0, 0.05) is 13.0 Å². The summed E-state index contributed by atoms with van der Waals surface area (Å²) in [6.45, 7) is 2.20. The van der Waals surface area contributed by atoms with Gasteiger partial charge in [-0.15, -0.1) is 0 Å². The first-order valence-electron chi connectivity index (χ1n) is 5.80. The quantitative estimate of drug-likeness (QED) is 0.457. The zero-order chi connectivity index (χ0) is 11.4. The average molecular weight is 217 g/mol. The van der Waals surface area contributed by atoms with Gasteiger partial charge in [-0.1, -0.05) is 12.8 Å². The lowest BCUT2D eigenvalue weighted by Crippen LogP contribution is -2.16. The Morgan fingerprint density at radius 2 is 1.53 bits per heavy atom. The number of aliphatic carboxylic acids is 1. The zero-order valence-electron chi connectivity index (χ0n) is 9.37. The summed E-state index contributed by atoms with van der Waals surface area (Å²) >= 11 is 0. The molecule has 0 spiro atoms. The van der Waals surface area contributed by atoms with Crippen LogP contribution in [0, 0.1) is 0 Å². The maximum atomic E-state index is 10.2. The van der Waals surface area contributed by atoms with Crippen molar-refractivity contribution >= 4 is 5.97 Å². The fraction of sp³-hybridized carbons (Fsp3) is 0.909. The van der Waals surface area contributed by atoms with Gasteiger partial charge in [-0.05, 0) is 38.8 Å². The van der Waals surface area contributed by atoms with Crippen molar-refractivity contribution < 1.29 is 15.0 Å². The van der Waals surface area contributed by atoms with Gasteiger partial charge in [0.2, 0.25) is 0 Å². The lowest BCUT2D eigenvalue weighted by Gasteiger charge is -2.03. The number of hydrogen-bond acceptors (Lipinski definition) is 3. The number of nitrogens with one attached hydrogen (secondary N) is 1. The molecule has 0 aliphatic heterocycles. The Morgan fingerprint density at radius 3 is 2.13 bits per heavy atom. The number of carboxylic acid groups (broad SMARTS) is 1. The molecule has 0 amide bonds. The van der Waals surface area contributed by atoms with Crippen LogP contribution in [0.5, 0.6) is 0 Å². The Bertz CT molecular complexity index is 151. The third kappa shape index (κ3) is 13.4. The van der Waals surface area contributed by atoms with E-state index in [0.717, 1.165) is 51.6 Å². The number of aliphatic hydroxyl groups excluding tert-OH is 1. The van der Waals surface area contributed by atoms with Crippen LogP contribution in [0.15, 0.2) is 0 Å².